The molecule has 0 saturated heterocycles. The van der Waals surface area contributed by atoms with E-state index in [1.807, 2.05) is 6.92 Å². The molecule has 0 aliphatic rings. The van der Waals surface area contributed by atoms with E-state index in [1.54, 1.807) is 11.6 Å². The topological polar surface area (TPSA) is 61.8 Å². The molecule has 0 fully saturated rings. The van der Waals surface area contributed by atoms with Gasteiger partial charge in [0.2, 0.25) is 0 Å². The Morgan fingerprint density at radius 2 is 1.88 bits per heavy atom. The Morgan fingerprint density at radius 1 is 1.24 bits per heavy atom. The van der Waals surface area contributed by atoms with Crippen molar-refractivity contribution in [2.75, 3.05) is 0 Å². The zero-order valence-corrected chi connectivity index (χ0v) is 10.7. The van der Waals surface area contributed by atoms with Gasteiger partial charge in [0.05, 0.1) is 5.88 Å². The minimum atomic E-state index is -0.357. The van der Waals surface area contributed by atoms with Crippen LogP contribution in [0.1, 0.15) is 12.7 Å². The van der Waals surface area contributed by atoms with Crippen molar-refractivity contribution in [3.05, 3.63) is 26.7 Å². The predicted molar refractivity (Wildman–Crippen MR) is 65.4 cm³/mol. The molecule has 2 rings (SSSR count). The number of fused-ring (bicyclic) bond motifs is 1. The summed E-state index contributed by atoms with van der Waals surface area (Å²) in [6, 6.07) is 0. The largest absolute Gasteiger partial charge is 0.332 e. The summed E-state index contributed by atoms with van der Waals surface area (Å²) in [5.74, 6) is 0.776. The first-order chi connectivity index (χ1) is 8.02. The van der Waals surface area contributed by atoms with Gasteiger partial charge in [0.15, 0.2) is 11.2 Å². The number of hydrogen-bond acceptors (Lipinski definition) is 3. The van der Waals surface area contributed by atoms with Gasteiger partial charge in [-0.1, -0.05) is 0 Å². The number of aryl methyl sites for hydroxylation is 2. The highest BCUT2D eigenvalue weighted by Crippen LogP contribution is 2.11. The molecule has 2 aromatic heterocycles. The Morgan fingerprint density at radius 3 is 2.41 bits per heavy atom. The van der Waals surface area contributed by atoms with Gasteiger partial charge in [0.25, 0.3) is 5.56 Å². The van der Waals surface area contributed by atoms with E-state index >= 15 is 0 Å². The normalized spacial score (nSPS) is 11.3. The molecule has 0 aromatic carbocycles. The molecular weight excluding hydrogens is 244 g/mol. The molecule has 0 unspecified atom stereocenters. The molecule has 0 atom stereocenters. The van der Waals surface area contributed by atoms with E-state index in [0.717, 1.165) is 4.57 Å². The quantitative estimate of drug-likeness (QED) is 0.721. The first-order valence-electron chi connectivity index (χ1n) is 5.24. The third-order valence-electron chi connectivity index (χ3n) is 2.89. The van der Waals surface area contributed by atoms with Crippen LogP contribution in [0.25, 0.3) is 11.2 Å². The predicted octanol–water partition coefficient (Wildman–Crippen LogP) is 0.192. The van der Waals surface area contributed by atoms with Crippen molar-refractivity contribution in [2.45, 2.75) is 19.3 Å². The molecule has 7 heteroatoms. The molecule has 0 spiro atoms. The van der Waals surface area contributed by atoms with Gasteiger partial charge < -0.3 is 4.57 Å². The average Bonchev–Trinajstić information content (AvgIpc) is 2.64. The van der Waals surface area contributed by atoms with Crippen LogP contribution in [0.3, 0.4) is 0 Å². The summed E-state index contributed by atoms with van der Waals surface area (Å²) in [5, 5.41) is 0. The van der Waals surface area contributed by atoms with Gasteiger partial charge in [-0.25, -0.2) is 9.78 Å². The van der Waals surface area contributed by atoms with E-state index in [0.29, 0.717) is 23.5 Å². The lowest BCUT2D eigenvalue weighted by molar-refractivity contribution is 0.651. The fourth-order valence-electron chi connectivity index (χ4n) is 1.88. The van der Waals surface area contributed by atoms with Crippen LogP contribution in [0.2, 0.25) is 0 Å². The third-order valence-corrected chi connectivity index (χ3v) is 3.12. The Balaban J connectivity index is 3.10. The van der Waals surface area contributed by atoms with Crippen LogP contribution in [0.15, 0.2) is 9.59 Å². The molecule has 0 bridgehead atoms. The van der Waals surface area contributed by atoms with E-state index < -0.39 is 0 Å². The molecule has 2 aromatic rings. The van der Waals surface area contributed by atoms with Crippen LogP contribution < -0.4 is 11.2 Å². The summed E-state index contributed by atoms with van der Waals surface area (Å²) in [6.07, 6.45) is 0. The number of rotatable bonds is 2. The van der Waals surface area contributed by atoms with Crippen LogP contribution in [-0.4, -0.2) is 18.7 Å². The van der Waals surface area contributed by atoms with Crippen LogP contribution in [0.5, 0.6) is 0 Å². The minimum absolute atomic E-state index is 0.201. The number of hydrogen-bond donors (Lipinski definition) is 0. The van der Waals surface area contributed by atoms with Crippen LogP contribution in [0, 0.1) is 0 Å². The highest BCUT2D eigenvalue weighted by Gasteiger charge is 2.16. The van der Waals surface area contributed by atoms with Gasteiger partial charge in [-0.05, 0) is 6.92 Å². The summed E-state index contributed by atoms with van der Waals surface area (Å²) in [7, 11) is 3.18. The molecule has 0 radical (unpaired) electrons. The fourth-order valence-corrected chi connectivity index (χ4v) is 2.12. The van der Waals surface area contributed by atoms with Crippen molar-refractivity contribution in [2.24, 2.45) is 14.1 Å². The van der Waals surface area contributed by atoms with E-state index in [1.165, 1.54) is 11.6 Å². The molecule has 0 aliphatic heterocycles. The molecule has 0 aliphatic carbocycles. The Hall–Kier alpha value is -1.56. The summed E-state index contributed by atoms with van der Waals surface area (Å²) in [6.45, 7) is 2.29. The molecule has 0 saturated carbocycles. The lowest BCUT2D eigenvalue weighted by Crippen LogP contribution is -2.38. The smallest absolute Gasteiger partial charge is 0.324 e. The fraction of sp³-hybridized carbons (Fsp3) is 0.500. The van der Waals surface area contributed by atoms with Crippen molar-refractivity contribution >= 4 is 22.8 Å². The SMILES string of the molecule is CCn1c(=O)n(C)c(=O)c2c1nc(CCl)n2C. The summed E-state index contributed by atoms with van der Waals surface area (Å²) < 4.78 is 4.19. The first kappa shape index (κ1) is 11.9. The molecular formula is C10H13ClN4O2. The second-order valence-electron chi connectivity index (χ2n) is 3.78. The summed E-state index contributed by atoms with van der Waals surface area (Å²) in [4.78, 5) is 28.1. The Labute approximate surface area is 102 Å². The Bertz CT molecular complexity index is 695. The van der Waals surface area contributed by atoms with E-state index in [4.69, 9.17) is 11.6 Å². The third kappa shape index (κ3) is 1.51. The number of imidazole rings is 1. The van der Waals surface area contributed by atoms with E-state index in [2.05, 4.69) is 4.98 Å². The van der Waals surface area contributed by atoms with E-state index in [-0.39, 0.29) is 17.1 Å². The zero-order chi connectivity index (χ0) is 12.7. The molecule has 2 heterocycles. The number of alkyl halides is 1. The second kappa shape index (κ2) is 4.03. The van der Waals surface area contributed by atoms with Crippen LogP contribution in [0.4, 0.5) is 0 Å². The van der Waals surface area contributed by atoms with Crippen molar-refractivity contribution in [3.63, 3.8) is 0 Å². The number of nitrogens with zero attached hydrogens (tertiary/aromatic N) is 4. The molecule has 17 heavy (non-hydrogen) atoms. The van der Waals surface area contributed by atoms with Crippen molar-refractivity contribution in [3.8, 4) is 0 Å². The molecule has 0 N–H and O–H groups in total. The van der Waals surface area contributed by atoms with Gasteiger partial charge in [0, 0.05) is 20.6 Å². The van der Waals surface area contributed by atoms with Crippen molar-refractivity contribution in [1.29, 1.82) is 0 Å². The van der Waals surface area contributed by atoms with Crippen LogP contribution in [-0.2, 0) is 26.5 Å². The molecule has 6 nitrogen and oxygen atoms in total. The average molecular weight is 257 g/mol. The molecule has 92 valence electrons. The lowest BCUT2D eigenvalue weighted by Gasteiger charge is -2.05. The standard InChI is InChI=1S/C10H13ClN4O2/c1-4-15-8-7(9(16)14(3)10(15)17)13(2)6(5-11)12-8/h4-5H2,1-3H3. The second-order valence-corrected chi connectivity index (χ2v) is 4.05. The van der Waals surface area contributed by atoms with Gasteiger partial charge in [-0.2, -0.15) is 0 Å². The number of halogens is 1. The van der Waals surface area contributed by atoms with Crippen molar-refractivity contribution in [1.82, 2.24) is 18.7 Å². The van der Waals surface area contributed by atoms with E-state index in [9.17, 15) is 9.59 Å². The zero-order valence-electron chi connectivity index (χ0n) is 9.90. The summed E-state index contributed by atoms with van der Waals surface area (Å²) in [5.41, 5.74) is 0.105. The van der Waals surface area contributed by atoms with Gasteiger partial charge in [-0.15, -0.1) is 11.6 Å². The van der Waals surface area contributed by atoms with Gasteiger partial charge in [-0.3, -0.25) is 13.9 Å². The highest BCUT2D eigenvalue weighted by atomic mass is 35.5. The maximum Gasteiger partial charge on any atom is 0.332 e. The van der Waals surface area contributed by atoms with Gasteiger partial charge >= 0.3 is 5.69 Å². The maximum atomic E-state index is 12.0. The monoisotopic (exact) mass is 256 g/mol. The number of aromatic nitrogens is 4. The van der Waals surface area contributed by atoms with Crippen molar-refractivity contribution < 1.29 is 0 Å². The lowest BCUT2D eigenvalue weighted by atomic mass is 10.5. The minimum Gasteiger partial charge on any atom is -0.324 e. The first-order valence-corrected chi connectivity index (χ1v) is 5.77. The molecule has 0 amide bonds. The summed E-state index contributed by atoms with van der Waals surface area (Å²) >= 11 is 5.75. The van der Waals surface area contributed by atoms with Gasteiger partial charge in [0.1, 0.15) is 5.82 Å². The van der Waals surface area contributed by atoms with Crippen LogP contribution >= 0.6 is 11.6 Å². The Kier molecular flexibility index (Phi) is 2.82. The maximum absolute atomic E-state index is 12.0. The highest BCUT2D eigenvalue weighted by molar-refractivity contribution is 6.16.